The van der Waals surface area contributed by atoms with Gasteiger partial charge in [0.25, 0.3) is 0 Å². The molecule has 1 fully saturated rings. The molecule has 29 heavy (non-hydrogen) atoms. The first-order chi connectivity index (χ1) is 13.8. The van der Waals surface area contributed by atoms with Gasteiger partial charge < -0.3 is 10.2 Å². The maximum absolute atomic E-state index is 10.5. The number of hydrogen-bond acceptors (Lipinski definition) is 4. The molecule has 2 N–H and O–H groups in total. The molecule has 0 aliphatic heterocycles. The average molecular weight is 395 g/mol. The van der Waals surface area contributed by atoms with Crippen molar-refractivity contribution >= 4 is 6.21 Å². The zero-order valence-electron chi connectivity index (χ0n) is 18.4. The third-order valence-corrected chi connectivity index (χ3v) is 6.08. The summed E-state index contributed by atoms with van der Waals surface area (Å²) in [5.41, 5.74) is 5.88. The fourth-order valence-corrected chi connectivity index (χ4v) is 4.60. The lowest BCUT2D eigenvalue weighted by molar-refractivity contribution is 0.162. The molecule has 0 spiro atoms. The van der Waals surface area contributed by atoms with Gasteiger partial charge in [-0.1, -0.05) is 36.6 Å². The van der Waals surface area contributed by atoms with E-state index in [1.807, 2.05) is 45.2 Å². The Labute approximate surface area is 174 Å². The van der Waals surface area contributed by atoms with E-state index in [0.29, 0.717) is 24.1 Å². The second-order valence-electron chi connectivity index (χ2n) is 8.72. The zero-order chi connectivity index (χ0) is 21.1. The smallest absolute Gasteiger partial charge is 0.127 e. The average Bonchev–Trinajstić information content (AvgIpc) is 2.67. The van der Waals surface area contributed by atoms with E-state index in [2.05, 4.69) is 24.9 Å². The van der Waals surface area contributed by atoms with E-state index in [1.54, 1.807) is 0 Å². The number of nitrogens with zero attached hydrogens (tertiary/aromatic N) is 2. The van der Waals surface area contributed by atoms with Crippen molar-refractivity contribution in [3.63, 3.8) is 0 Å². The molecule has 2 atom stereocenters. The monoisotopic (exact) mass is 394 g/mol. The molecule has 156 valence electrons. The highest BCUT2D eigenvalue weighted by atomic mass is 16.3. The Bertz CT molecular complexity index is 904. The lowest BCUT2D eigenvalue weighted by Gasteiger charge is -2.36. The van der Waals surface area contributed by atoms with Crippen LogP contribution >= 0.6 is 0 Å². The summed E-state index contributed by atoms with van der Waals surface area (Å²) in [6.07, 6.45) is 6.38. The third-order valence-electron chi connectivity index (χ3n) is 6.08. The molecule has 0 saturated heterocycles. The summed E-state index contributed by atoms with van der Waals surface area (Å²) < 4.78 is 0. The van der Waals surface area contributed by atoms with Gasteiger partial charge in [-0.05, 0) is 70.3 Å². The molecule has 0 unspecified atom stereocenters. The maximum Gasteiger partial charge on any atom is 0.127 e. The number of aryl methyl sites for hydroxylation is 4. The van der Waals surface area contributed by atoms with Crippen LogP contribution in [-0.4, -0.2) is 40.5 Å². The highest BCUT2D eigenvalue weighted by Gasteiger charge is 2.28. The molecule has 0 aromatic heterocycles. The van der Waals surface area contributed by atoms with Gasteiger partial charge >= 0.3 is 0 Å². The molecule has 1 aliphatic carbocycles. The van der Waals surface area contributed by atoms with Crippen molar-refractivity contribution in [2.45, 2.75) is 72.0 Å². The molecule has 1 aliphatic rings. The largest absolute Gasteiger partial charge is 0.507 e. The molecule has 2 aromatic carbocycles. The van der Waals surface area contributed by atoms with Crippen molar-refractivity contribution in [1.29, 1.82) is 0 Å². The number of aliphatic imine (C=N–C) groups is 1. The van der Waals surface area contributed by atoms with E-state index in [4.69, 9.17) is 4.99 Å². The molecule has 2 aromatic rings. The molecule has 0 bridgehead atoms. The molecular weight excluding hydrogens is 360 g/mol. The Hall–Kier alpha value is -2.33. The number of benzene rings is 2. The normalized spacial score (nSPS) is 19.9. The molecule has 0 heterocycles. The predicted molar refractivity (Wildman–Crippen MR) is 120 cm³/mol. The van der Waals surface area contributed by atoms with E-state index in [0.717, 1.165) is 40.7 Å². The highest BCUT2D eigenvalue weighted by Crippen LogP contribution is 2.30. The zero-order valence-corrected chi connectivity index (χ0v) is 18.4. The van der Waals surface area contributed by atoms with Gasteiger partial charge in [-0.15, -0.1) is 0 Å². The van der Waals surface area contributed by atoms with Crippen LogP contribution in [0.25, 0.3) is 0 Å². The lowest BCUT2D eigenvalue weighted by atomic mass is 9.89. The molecule has 3 rings (SSSR count). The molecule has 1 saturated carbocycles. The van der Waals surface area contributed by atoms with Crippen LogP contribution in [0.4, 0.5) is 0 Å². The first-order valence-electron chi connectivity index (χ1n) is 10.6. The summed E-state index contributed by atoms with van der Waals surface area (Å²) in [6, 6.07) is 8.59. The van der Waals surface area contributed by atoms with E-state index in [9.17, 15) is 10.2 Å². The van der Waals surface area contributed by atoms with Gasteiger partial charge in [0.15, 0.2) is 0 Å². The molecule has 4 nitrogen and oxygen atoms in total. The van der Waals surface area contributed by atoms with Crippen LogP contribution < -0.4 is 0 Å². The van der Waals surface area contributed by atoms with E-state index < -0.39 is 0 Å². The quantitative estimate of drug-likeness (QED) is 0.686. The van der Waals surface area contributed by atoms with Crippen LogP contribution in [0.5, 0.6) is 11.5 Å². The maximum atomic E-state index is 10.5. The van der Waals surface area contributed by atoms with Gasteiger partial charge in [0, 0.05) is 29.9 Å². The van der Waals surface area contributed by atoms with Crippen molar-refractivity contribution in [3.05, 3.63) is 57.6 Å². The molecular formula is C25H34N2O2. The third kappa shape index (κ3) is 4.99. The van der Waals surface area contributed by atoms with Crippen LogP contribution in [0.3, 0.4) is 0 Å². The van der Waals surface area contributed by atoms with Crippen LogP contribution in [0.1, 0.15) is 59.1 Å². The van der Waals surface area contributed by atoms with Gasteiger partial charge in [-0.2, -0.15) is 0 Å². The number of hydrogen-bond donors (Lipinski definition) is 2. The first kappa shape index (κ1) is 21.4. The van der Waals surface area contributed by atoms with E-state index >= 15 is 0 Å². The van der Waals surface area contributed by atoms with Crippen molar-refractivity contribution < 1.29 is 10.2 Å². The summed E-state index contributed by atoms with van der Waals surface area (Å²) >= 11 is 0. The fourth-order valence-electron chi connectivity index (χ4n) is 4.60. The second kappa shape index (κ2) is 9.00. The minimum Gasteiger partial charge on any atom is -0.507 e. The Morgan fingerprint density at radius 1 is 0.931 bits per heavy atom. The van der Waals surface area contributed by atoms with E-state index in [1.165, 1.54) is 18.4 Å². The second-order valence-corrected chi connectivity index (χ2v) is 8.72. The minimum absolute atomic E-state index is 0.196. The molecule has 0 amide bonds. The van der Waals surface area contributed by atoms with E-state index in [-0.39, 0.29) is 6.04 Å². The number of likely N-dealkylation sites (N-methyl/N-ethyl adjacent to an activating group) is 1. The van der Waals surface area contributed by atoms with Gasteiger partial charge in [0.05, 0.1) is 6.04 Å². The van der Waals surface area contributed by atoms with Crippen LogP contribution in [0.15, 0.2) is 29.3 Å². The first-order valence-corrected chi connectivity index (χ1v) is 10.6. The Morgan fingerprint density at radius 2 is 1.55 bits per heavy atom. The van der Waals surface area contributed by atoms with Gasteiger partial charge in [-0.25, -0.2) is 0 Å². The number of rotatable bonds is 5. The number of phenolic OH excluding ortho intramolecular Hbond substituents is 2. The lowest BCUT2D eigenvalue weighted by Crippen LogP contribution is -2.42. The van der Waals surface area contributed by atoms with Gasteiger partial charge in [-0.3, -0.25) is 9.89 Å². The topological polar surface area (TPSA) is 56.1 Å². The van der Waals surface area contributed by atoms with Gasteiger partial charge in [0.1, 0.15) is 11.5 Å². The minimum atomic E-state index is 0.196. The SMILES string of the molecule is Cc1cc(C)c(O)c(C=N[C@@H]2CCCC[C@H]2N(C)Cc2cc(C)cc(C)c2O)c1. The summed E-state index contributed by atoms with van der Waals surface area (Å²) in [5, 5.41) is 20.9. The van der Waals surface area contributed by atoms with Crippen LogP contribution in [0, 0.1) is 27.7 Å². The Balaban J connectivity index is 1.79. The standard InChI is InChI=1S/C25H34N2O2/c1-16-10-18(3)24(28)20(12-16)14-26-22-8-6-7-9-23(22)27(5)15-21-13-17(2)11-19(4)25(21)29/h10-14,22-23,28-29H,6-9,15H2,1-5H3/t22-,23-/m1/s1. The summed E-state index contributed by atoms with van der Waals surface area (Å²) in [7, 11) is 2.13. The highest BCUT2D eigenvalue weighted by molar-refractivity contribution is 5.84. The Kier molecular flexibility index (Phi) is 6.63. The van der Waals surface area contributed by atoms with Crippen molar-refractivity contribution in [2.24, 2.45) is 4.99 Å². The Morgan fingerprint density at radius 3 is 2.28 bits per heavy atom. The van der Waals surface area contributed by atoms with Crippen molar-refractivity contribution in [2.75, 3.05) is 7.05 Å². The van der Waals surface area contributed by atoms with Crippen LogP contribution in [0.2, 0.25) is 0 Å². The summed E-state index contributed by atoms with van der Waals surface area (Å²) in [6.45, 7) is 8.69. The van der Waals surface area contributed by atoms with Gasteiger partial charge in [0.2, 0.25) is 0 Å². The fraction of sp³-hybridized carbons (Fsp3) is 0.480. The predicted octanol–water partition coefficient (Wildman–Crippen LogP) is 5.19. The summed E-state index contributed by atoms with van der Waals surface area (Å²) in [5.74, 6) is 0.721. The number of phenols is 2. The van der Waals surface area contributed by atoms with Crippen molar-refractivity contribution in [1.82, 2.24) is 4.90 Å². The summed E-state index contributed by atoms with van der Waals surface area (Å²) in [4.78, 5) is 7.24. The van der Waals surface area contributed by atoms with Crippen LogP contribution in [-0.2, 0) is 6.54 Å². The molecule has 4 heteroatoms. The number of aromatic hydroxyl groups is 2. The van der Waals surface area contributed by atoms with Crippen molar-refractivity contribution in [3.8, 4) is 11.5 Å². The molecule has 0 radical (unpaired) electrons.